The van der Waals surface area contributed by atoms with Crippen LogP contribution in [0.3, 0.4) is 0 Å². The second-order valence-corrected chi connectivity index (χ2v) is 10.8. The van der Waals surface area contributed by atoms with E-state index >= 15 is 0 Å². The van der Waals surface area contributed by atoms with Crippen molar-refractivity contribution < 1.29 is 14.3 Å². The van der Waals surface area contributed by atoms with Crippen molar-refractivity contribution in [1.82, 2.24) is 24.2 Å². The Hall–Kier alpha value is -2.14. The SMILES string of the molecule is C[C@@H]1CN(c2nc(=O)n(C)c3c(Br)n(C4CCCCO4)nc23)[C@@H](C)CN1C(=O)OC(C)(C)C. The summed E-state index contributed by atoms with van der Waals surface area (Å²) in [7, 11) is 1.70. The number of hydrogen-bond donors (Lipinski definition) is 0. The third-order valence-electron chi connectivity index (χ3n) is 6.18. The first-order chi connectivity index (χ1) is 15.5. The minimum atomic E-state index is -0.559. The lowest BCUT2D eigenvalue weighted by Gasteiger charge is -2.44. The van der Waals surface area contributed by atoms with E-state index in [9.17, 15) is 9.59 Å². The number of nitrogens with zero attached hydrogens (tertiary/aromatic N) is 6. The van der Waals surface area contributed by atoms with Gasteiger partial charge in [-0.1, -0.05) is 0 Å². The van der Waals surface area contributed by atoms with E-state index in [-0.39, 0.29) is 30.1 Å². The van der Waals surface area contributed by atoms with Crippen molar-refractivity contribution in [3.8, 4) is 0 Å². The highest BCUT2D eigenvalue weighted by Crippen LogP contribution is 2.34. The predicted molar refractivity (Wildman–Crippen MR) is 129 cm³/mol. The number of rotatable bonds is 2. The summed E-state index contributed by atoms with van der Waals surface area (Å²) in [6.07, 6.45) is 2.47. The summed E-state index contributed by atoms with van der Waals surface area (Å²) in [5, 5.41) is 4.85. The van der Waals surface area contributed by atoms with Crippen molar-refractivity contribution in [2.24, 2.45) is 7.05 Å². The Labute approximate surface area is 201 Å². The largest absolute Gasteiger partial charge is 0.444 e. The topological polar surface area (TPSA) is 94.7 Å². The van der Waals surface area contributed by atoms with Gasteiger partial charge in [0.05, 0.1) is 0 Å². The van der Waals surface area contributed by atoms with E-state index in [4.69, 9.17) is 14.6 Å². The molecule has 0 aromatic carbocycles. The van der Waals surface area contributed by atoms with Gasteiger partial charge in [-0.15, -0.1) is 0 Å². The zero-order valence-corrected chi connectivity index (χ0v) is 21.8. The molecule has 0 N–H and O–H groups in total. The normalized spacial score (nSPS) is 24.4. The molecule has 10 nitrogen and oxygen atoms in total. The van der Waals surface area contributed by atoms with Crippen LogP contribution in [0.15, 0.2) is 9.40 Å². The summed E-state index contributed by atoms with van der Waals surface area (Å²) in [5.41, 5.74) is 0.421. The molecule has 4 heterocycles. The first kappa shape index (κ1) is 24.0. The minimum Gasteiger partial charge on any atom is -0.444 e. The van der Waals surface area contributed by atoms with Crippen LogP contribution in [-0.2, 0) is 16.5 Å². The molecular formula is C22H33BrN6O4. The predicted octanol–water partition coefficient (Wildman–Crippen LogP) is 3.43. The van der Waals surface area contributed by atoms with Gasteiger partial charge >= 0.3 is 11.8 Å². The summed E-state index contributed by atoms with van der Waals surface area (Å²) in [5.74, 6) is 0.534. The van der Waals surface area contributed by atoms with Gasteiger partial charge in [-0.3, -0.25) is 4.57 Å². The molecular weight excluding hydrogens is 492 g/mol. The number of ether oxygens (including phenoxy) is 2. The molecule has 182 valence electrons. The van der Waals surface area contributed by atoms with Crippen molar-refractivity contribution >= 4 is 38.9 Å². The van der Waals surface area contributed by atoms with Crippen LogP contribution in [0.2, 0.25) is 0 Å². The summed E-state index contributed by atoms with van der Waals surface area (Å²) in [6.45, 7) is 11.2. The number of anilines is 1. The Morgan fingerprint density at radius 3 is 2.55 bits per heavy atom. The molecule has 2 aliphatic rings. The Morgan fingerprint density at radius 2 is 1.91 bits per heavy atom. The Bertz CT molecular complexity index is 1100. The maximum atomic E-state index is 12.8. The molecule has 0 radical (unpaired) electrons. The molecule has 2 fully saturated rings. The van der Waals surface area contributed by atoms with Gasteiger partial charge in [0.25, 0.3) is 0 Å². The molecule has 4 rings (SSSR count). The van der Waals surface area contributed by atoms with Crippen LogP contribution in [0.1, 0.15) is 60.1 Å². The van der Waals surface area contributed by atoms with Crippen LogP contribution in [-0.4, -0.2) is 67.7 Å². The lowest BCUT2D eigenvalue weighted by molar-refractivity contribution is -0.0404. The van der Waals surface area contributed by atoms with E-state index in [1.807, 2.05) is 39.3 Å². The Morgan fingerprint density at radius 1 is 1.18 bits per heavy atom. The van der Waals surface area contributed by atoms with E-state index in [1.54, 1.807) is 11.9 Å². The fourth-order valence-corrected chi connectivity index (χ4v) is 5.23. The fraction of sp³-hybridized carbons (Fsp3) is 0.727. The van der Waals surface area contributed by atoms with Gasteiger partial charge in [0.1, 0.15) is 15.7 Å². The minimum absolute atomic E-state index is 0.0774. The number of hydrogen-bond acceptors (Lipinski definition) is 7. The van der Waals surface area contributed by atoms with Crippen LogP contribution in [0.4, 0.5) is 10.6 Å². The zero-order valence-electron chi connectivity index (χ0n) is 20.2. The van der Waals surface area contributed by atoms with Gasteiger partial charge in [-0.2, -0.15) is 10.1 Å². The van der Waals surface area contributed by atoms with Crippen LogP contribution in [0, 0.1) is 0 Å². The molecule has 2 aromatic rings. The zero-order chi connectivity index (χ0) is 24.1. The maximum Gasteiger partial charge on any atom is 0.410 e. The summed E-state index contributed by atoms with van der Waals surface area (Å²) < 4.78 is 15.6. The second kappa shape index (κ2) is 8.90. The first-order valence-corrected chi connectivity index (χ1v) is 12.3. The monoisotopic (exact) mass is 524 g/mol. The van der Waals surface area contributed by atoms with Gasteiger partial charge in [-0.25, -0.2) is 14.3 Å². The molecule has 2 aromatic heterocycles. The summed E-state index contributed by atoms with van der Waals surface area (Å²) in [4.78, 5) is 33.7. The molecule has 1 unspecified atom stereocenters. The number of aryl methyl sites for hydroxylation is 1. The summed E-state index contributed by atoms with van der Waals surface area (Å²) >= 11 is 3.66. The molecule has 11 heteroatoms. The van der Waals surface area contributed by atoms with Crippen molar-refractivity contribution in [2.45, 2.75) is 77.8 Å². The number of piperazine rings is 1. The molecule has 0 bridgehead atoms. The van der Waals surface area contributed by atoms with Crippen molar-refractivity contribution in [2.75, 3.05) is 24.6 Å². The smallest absolute Gasteiger partial charge is 0.410 e. The molecule has 0 aliphatic carbocycles. The van der Waals surface area contributed by atoms with Gasteiger partial charge in [0, 0.05) is 38.8 Å². The molecule has 33 heavy (non-hydrogen) atoms. The fourth-order valence-electron chi connectivity index (χ4n) is 4.47. The highest BCUT2D eigenvalue weighted by Gasteiger charge is 2.37. The molecule has 2 aliphatic heterocycles. The van der Waals surface area contributed by atoms with E-state index in [0.717, 1.165) is 19.3 Å². The molecule has 0 spiro atoms. The number of carbonyl (C=O) groups is 1. The van der Waals surface area contributed by atoms with Gasteiger partial charge in [0.15, 0.2) is 17.6 Å². The van der Waals surface area contributed by atoms with Gasteiger partial charge < -0.3 is 19.3 Å². The quantitative estimate of drug-likeness (QED) is 0.593. The van der Waals surface area contributed by atoms with Gasteiger partial charge in [-0.05, 0) is 69.8 Å². The lowest BCUT2D eigenvalue weighted by atomic mass is 10.1. The average molecular weight is 525 g/mol. The highest BCUT2D eigenvalue weighted by atomic mass is 79.9. The van der Waals surface area contributed by atoms with E-state index in [2.05, 4.69) is 25.8 Å². The Balaban J connectivity index is 1.70. The third-order valence-corrected chi connectivity index (χ3v) is 6.92. The van der Waals surface area contributed by atoms with Crippen LogP contribution in [0.25, 0.3) is 11.0 Å². The van der Waals surface area contributed by atoms with Crippen LogP contribution < -0.4 is 10.6 Å². The molecule has 0 saturated carbocycles. The Kier molecular flexibility index (Phi) is 6.47. The van der Waals surface area contributed by atoms with E-state index in [0.29, 0.717) is 41.2 Å². The number of fused-ring (bicyclic) bond motifs is 1. The number of carbonyl (C=O) groups excluding carboxylic acids is 1. The number of halogens is 1. The van der Waals surface area contributed by atoms with Crippen molar-refractivity contribution in [3.63, 3.8) is 0 Å². The van der Waals surface area contributed by atoms with E-state index in [1.165, 1.54) is 4.57 Å². The van der Waals surface area contributed by atoms with Gasteiger partial charge in [0.2, 0.25) is 0 Å². The highest BCUT2D eigenvalue weighted by molar-refractivity contribution is 9.10. The number of aromatic nitrogens is 4. The standard InChI is InChI=1S/C22H33BrN6O4/c1-13-12-28(21(31)33-22(3,4)5)14(2)11-27(13)19-16-17(26(6)20(30)24-19)18(23)29(25-16)15-9-7-8-10-32-15/h13-15H,7-12H2,1-6H3/t13-,14+,15?/m0/s1. The number of amides is 1. The molecule has 2 saturated heterocycles. The van der Waals surface area contributed by atoms with E-state index < -0.39 is 5.60 Å². The van der Waals surface area contributed by atoms with Crippen molar-refractivity contribution in [3.05, 3.63) is 15.1 Å². The van der Waals surface area contributed by atoms with Crippen LogP contribution >= 0.6 is 15.9 Å². The second-order valence-electron chi connectivity index (χ2n) is 10.0. The molecule has 1 amide bonds. The third kappa shape index (κ3) is 4.62. The molecule has 3 atom stereocenters. The average Bonchev–Trinajstić information content (AvgIpc) is 3.09. The van der Waals surface area contributed by atoms with Crippen LogP contribution in [0.5, 0.6) is 0 Å². The first-order valence-electron chi connectivity index (χ1n) is 11.5. The maximum absolute atomic E-state index is 12.8. The lowest BCUT2D eigenvalue weighted by Crippen LogP contribution is -2.59. The van der Waals surface area contributed by atoms with Crippen molar-refractivity contribution in [1.29, 1.82) is 0 Å². The summed E-state index contributed by atoms with van der Waals surface area (Å²) in [6, 6.07) is -0.199.